The molecule has 0 aliphatic carbocycles. The molecule has 100 valence electrons. The van der Waals surface area contributed by atoms with Crippen LogP contribution in [-0.4, -0.2) is 30.9 Å². The molecule has 0 amide bonds. The Kier molecular flexibility index (Phi) is 5.93. The Morgan fingerprint density at radius 1 is 1.44 bits per heavy atom. The highest BCUT2D eigenvalue weighted by Crippen LogP contribution is 2.55. The van der Waals surface area contributed by atoms with Crippen LogP contribution >= 0.6 is 18.0 Å². The molecule has 1 unspecified atom stereocenters. The Labute approximate surface area is 113 Å². The van der Waals surface area contributed by atoms with Gasteiger partial charge in [-0.25, -0.2) is 10.1 Å². The molecule has 0 aliphatic rings. The summed E-state index contributed by atoms with van der Waals surface area (Å²) in [5, 5.41) is 2.88. The standard InChI is InChI=1S/C12H20N3OPS/c1-5-15(17(16,13-3)18-4)10-14-12-8-6-11(2)7-9-12/h6-10H,5H2,1-4H3,(H,13,16). The number of hydrogen-bond donors (Lipinski definition) is 1. The van der Waals surface area contributed by atoms with Gasteiger partial charge in [-0.2, -0.15) is 0 Å². The highest BCUT2D eigenvalue weighted by atomic mass is 32.7. The van der Waals surface area contributed by atoms with Crippen LogP contribution in [0, 0.1) is 6.92 Å². The van der Waals surface area contributed by atoms with Gasteiger partial charge in [-0.3, -0.25) is 9.24 Å². The van der Waals surface area contributed by atoms with E-state index in [1.807, 2.05) is 44.4 Å². The maximum Gasteiger partial charge on any atom is 0.292 e. The molecule has 0 spiro atoms. The number of hydrogen-bond acceptors (Lipinski definition) is 3. The predicted molar refractivity (Wildman–Crippen MR) is 81.9 cm³/mol. The van der Waals surface area contributed by atoms with Crippen LogP contribution in [0.4, 0.5) is 5.69 Å². The largest absolute Gasteiger partial charge is 0.294 e. The summed E-state index contributed by atoms with van der Waals surface area (Å²) < 4.78 is 14.2. The number of nitrogens with one attached hydrogen (secondary N) is 1. The van der Waals surface area contributed by atoms with Crippen LogP contribution in [0.3, 0.4) is 0 Å². The van der Waals surface area contributed by atoms with Crippen molar-refractivity contribution in [3.8, 4) is 0 Å². The number of aryl methyl sites for hydroxylation is 1. The smallest absolute Gasteiger partial charge is 0.292 e. The van der Waals surface area contributed by atoms with Gasteiger partial charge in [0, 0.05) is 6.54 Å². The average Bonchev–Trinajstić information content (AvgIpc) is 2.41. The zero-order valence-electron chi connectivity index (χ0n) is 11.3. The van der Waals surface area contributed by atoms with Gasteiger partial charge in [-0.05, 0) is 39.3 Å². The molecule has 0 saturated carbocycles. The molecular formula is C12H20N3OPS. The first kappa shape index (κ1) is 15.3. The van der Waals surface area contributed by atoms with Crippen LogP contribution in [0.25, 0.3) is 0 Å². The van der Waals surface area contributed by atoms with Gasteiger partial charge in [0.25, 0.3) is 6.65 Å². The second-order valence-corrected chi connectivity index (χ2v) is 8.71. The normalized spacial score (nSPS) is 14.7. The maximum absolute atomic E-state index is 12.4. The van der Waals surface area contributed by atoms with Crippen molar-refractivity contribution in [3.05, 3.63) is 29.8 Å². The van der Waals surface area contributed by atoms with Crippen LogP contribution in [0.5, 0.6) is 0 Å². The monoisotopic (exact) mass is 285 g/mol. The van der Waals surface area contributed by atoms with Crippen molar-refractivity contribution in [1.29, 1.82) is 0 Å². The summed E-state index contributed by atoms with van der Waals surface area (Å²) >= 11 is 1.32. The Morgan fingerprint density at radius 2 is 2.06 bits per heavy atom. The lowest BCUT2D eigenvalue weighted by molar-refractivity contribution is 0.536. The molecule has 0 heterocycles. The topological polar surface area (TPSA) is 44.7 Å². The first-order valence-corrected chi connectivity index (χ1v) is 9.27. The van der Waals surface area contributed by atoms with Gasteiger partial charge in [0.1, 0.15) is 0 Å². The van der Waals surface area contributed by atoms with Crippen molar-refractivity contribution in [3.63, 3.8) is 0 Å². The summed E-state index contributed by atoms with van der Waals surface area (Å²) in [7, 11) is 1.71. The third-order valence-electron chi connectivity index (χ3n) is 2.57. The molecule has 0 bridgehead atoms. The fourth-order valence-corrected chi connectivity index (χ4v) is 4.28. The number of nitrogens with zero attached hydrogens (tertiary/aromatic N) is 2. The Bertz CT molecular complexity index is 439. The van der Waals surface area contributed by atoms with E-state index < -0.39 is 6.65 Å². The number of rotatable bonds is 6. The molecule has 4 nitrogen and oxygen atoms in total. The minimum atomic E-state index is -2.59. The van der Waals surface area contributed by atoms with E-state index in [1.165, 1.54) is 16.9 Å². The van der Waals surface area contributed by atoms with Crippen molar-refractivity contribution in [2.24, 2.45) is 4.99 Å². The van der Waals surface area contributed by atoms with Gasteiger partial charge < -0.3 is 0 Å². The van der Waals surface area contributed by atoms with E-state index in [0.717, 1.165) is 5.69 Å². The first-order chi connectivity index (χ1) is 8.55. The number of benzene rings is 1. The molecule has 0 fully saturated rings. The van der Waals surface area contributed by atoms with Gasteiger partial charge >= 0.3 is 0 Å². The molecule has 0 aliphatic heterocycles. The zero-order chi connectivity index (χ0) is 13.6. The van der Waals surface area contributed by atoms with Gasteiger partial charge in [0.05, 0.1) is 12.0 Å². The van der Waals surface area contributed by atoms with E-state index in [2.05, 4.69) is 10.1 Å². The van der Waals surface area contributed by atoms with Crippen LogP contribution in [0.1, 0.15) is 12.5 Å². The quantitative estimate of drug-likeness (QED) is 0.492. The van der Waals surface area contributed by atoms with E-state index in [4.69, 9.17) is 0 Å². The third-order valence-corrected chi connectivity index (χ3v) is 7.35. The van der Waals surface area contributed by atoms with Crippen LogP contribution in [-0.2, 0) is 4.57 Å². The molecule has 18 heavy (non-hydrogen) atoms. The molecule has 0 radical (unpaired) electrons. The summed E-state index contributed by atoms with van der Waals surface area (Å²) in [5.74, 6) is 0. The highest BCUT2D eigenvalue weighted by molar-refractivity contribution is 8.56. The fourth-order valence-electron chi connectivity index (χ4n) is 1.42. The minimum Gasteiger partial charge on any atom is -0.294 e. The molecule has 6 heteroatoms. The average molecular weight is 285 g/mol. The van der Waals surface area contributed by atoms with E-state index in [1.54, 1.807) is 18.1 Å². The molecule has 1 aromatic rings. The minimum absolute atomic E-state index is 0.647. The van der Waals surface area contributed by atoms with Gasteiger partial charge in [-0.15, -0.1) is 0 Å². The van der Waals surface area contributed by atoms with Gasteiger partial charge in [0.2, 0.25) is 0 Å². The van der Waals surface area contributed by atoms with Crippen LogP contribution < -0.4 is 5.09 Å². The summed E-state index contributed by atoms with van der Waals surface area (Å²) in [4.78, 5) is 4.36. The molecule has 1 aromatic carbocycles. The molecular weight excluding hydrogens is 265 g/mol. The maximum atomic E-state index is 12.4. The zero-order valence-corrected chi connectivity index (χ0v) is 13.0. The van der Waals surface area contributed by atoms with Crippen molar-refractivity contribution < 1.29 is 4.57 Å². The van der Waals surface area contributed by atoms with Crippen molar-refractivity contribution in [2.75, 3.05) is 19.8 Å². The van der Waals surface area contributed by atoms with E-state index >= 15 is 0 Å². The molecule has 1 rings (SSSR count). The van der Waals surface area contributed by atoms with E-state index in [-0.39, 0.29) is 0 Å². The van der Waals surface area contributed by atoms with Crippen molar-refractivity contribution in [1.82, 2.24) is 9.76 Å². The van der Waals surface area contributed by atoms with Crippen LogP contribution in [0.2, 0.25) is 0 Å². The summed E-state index contributed by atoms with van der Waals surface area (Å²) in [6, 6.07) is 7.91. The molecule has 0 aromatic heterocycles. The SMILES string of the molecule is CCN(C=Nc1ccc(C)cc1)P(=O)(NC)SC. The molecule has 0 saturated heterocycles. The summed E-state index contributed by atoms with van der Waals surface area (Å²) in [6.45, 7) is 2.06. The first-order valence-electron chi connectivity index (χ1n) is 5.78. The highest BCUT2D eigenvalue weighted by Gasteiger charge is 2.24. The predicted octanol–water partition coefficient (Wildman–Crippen LogP) is 3.67. The lowest BCUT2D eigenvalue weighted by Gasteiger charge is -2.26. The van der Waals surface area contributed by atoms with Crippen molar-refractivity contribution >= 4 is 30.1 Å². The molecule has 1 atom stereocenters. The third kappa shape index (κ3) is 3.87. The summed E-state index contributed by atoms with van der Waals surface area (Å²) in [6.07, 6.45) is 3.48. The summed E-state index contributed by atoms with van der Waals surface area (Å²) in [5.41, 5.74) is 2.06. The lowest BCUT2D eigenvalue weighted by atomic mass is 10.2. The lowest BCUT2D eigenvalue weighted by Crippen LogP contribution is -2.22. The second kappa shape index (κ2) is 6.98. The Hall–Kier alpha value is -0.770. The molecule has 1 N–H and O–H groups in total. The van der Waals surface area contributed by atoms with Crippen molar-refractivity contribution in [2.45, 2.75) is 13.8 Å². The Morgan fingerprint density at radius 3 is 2.50 bits per heavy atom. The number of aliphatic imine (C=N–C) groups is 1. The van der Waals surface area contributed by atoms with E-state index in [9.17, 15) is 4.57 Å². The van der Waals surface area contributed by atoms with E-state index in [0.29, 0.717) is 6.54 Å². The van der Waals surface area contributed by atoms with Crippen LogP contribution in [0.15, 0.2) is 29.3 Å². The van der Waals surface area contributed by atoms with Gasteiger partial charge in [0.15, 0.2) is 0 Å². The van der Waals surface area contributed by atoms with Gasteiger partial charge in [-0.1, -0.05) is 29.1 Å². The Balaban J connectivity index is 2.86. The second-order valence-electron chi connectivity index (χ2n) is 3.76. The fraction of sp³-hybridized carbons (Fsp3) is 0.417.